The molecule has 102 valence electrons. The number of ether oxygens (including phenoxy) is 1. The van der Waals surface area contributed by atoms with Crippen molar-refractivity contribution < 1.29 is 14.3 Å². The van der Waals surface area contributed by atoms with E-state index >= 15 is 0 Å². The van der Waals surface area contributed by atoms with Gasteiger partial charge in [-0.3, -0.25) is 15.0 Å². The molecular formula is C15H14N2O3. The lowest BCUT2D eigenvalue weighted by atomic mass is 10.1. The molecule has 0 radical (unpaired) electrons. The van der Waals surface area contributed by atoms with E-state index in [1.165, 1.54) is 0 Å². The maximum absolute atomic E-state index is 11.8. The lowest BCUT2D eigenvalue weighted by Gasteiger charge is -2.18. The van der Waals surface area contributed by atoms with Crippen LogP contribution >= 0.6 is 0 Å². The number of aldehydes is 1. The molecule has 2 aromatic rings. The van der Waals surface area contributed by atoms with E-state index < -0.39 is 12.0 Å². The molecule has 0 saturated heterocycles. The van der Waals surface area contributed by atoms with Gasteiger partial charge in [0.1, 0.15) is 12.0 Å². The number of hydrogen-bond donors (Lipinski definition) is 2. The summed E-state index contributed by atoms with van der Waals surface area (Å²) in [4.78, 5) is 22.6. The van der Waals surface area contributed by atoms with Gasteiger partial charge in [0, 0.05) is 11.1 Å². The van der Waals surface area contributed by atoms with Gasteiger partial charge in [-0.15, -0.1) is 0 Å². The number of hydrazine groups is 1. The minimum absolute atomic E-state index is 0.423. The van der Waals surface area contributed by atoms with Gasteiger partial charge in [-0.2, -0.15) is 0 Å². The first-order chi connectivity index (χ1) is 9.74. The Bertz CT molecular complexity index is 599. The van der Waals surface area contributed by atoms with Crippen molar-refractivity contribution in [1.82, 2.24) is 5.43 Å². The van der Waals surface area contributed by atoms with E-state index in [-0.39, 0.29) is 0 Å². The Labute approximate surface area is 116 Å². The molecule has 0 bridgehead atoms. The SMILES string of the molecule is NNC(=O)C(Oc1cccc(C=O)c1)c1ccccc1. The highest BCUT2D eigenvalue weighted by Crippen LogP contribution is 2.22. The summed E-state index contributed by atoms with van der Waals surface area (Å²) < 4.78 is 5.64. The third-order valence-corrected chi connectivity index (χ3v) is 2.73. The molecule has 0 aliphatic heterocycles. The number of hydrogen-bond acceptors (Lipinski definition) is 4. The van der Waals surface area contributed by atoms with Gasteiger partial charge in [0.05, 0.1) is 0 Å². The number of rotatable bonds is 5. The van der Waals surface area contributed by atoms with Crippen molar-refractivity contribution in [3.63, 3.8) is 0 Å². The van der Waals surface area contributed by atoms with Gasteiger partial charge in [0.25, 0.3) is 5.91 Å². The predicted octanol–water partition coefficient (Wildman–Crippen LogP) is 1.61. The lowest BCUT2D eigenvalue weighted by Crippen LogP contribution is -2.37. The molecule has 5 heteroatoms. The van der Waals surface area contributed by atoms with Gasteiger partial charge in [0.15, 0.2) is 0 Å². The van der Waals surface area contributed by atoms with E-state index in [4.69, 9.17) is 10.6 Å². The van der Waals surface area contributed by atoms with Crippen molar-refractivity contribution in [2.45, 2.75) is 6.10 Å². The van der Waals surface area contributed by atoms with Gasteiger partial charge in [-0.25, -0.2) is 5.84 Å². The quantitative estimate of drug-likeness (QED) is 0.374. The van der Waals surface area contributed by atoms with E-state index in [1.807, 2.05) is 6.07 Å². The summed E-state index contributed by atoms with van der Waals surface area (Å²) in [6.45, 7) is 0. The van der Waals surface area contributed by atoms with Gasteiger partial charge in [-0.1, -0.05) is 42.5 Å². The van der Waals surface area contributed by atoms with Crippen LogP contribution in [-0.2, 0) is 4.79 Å². The second-order valence-electron chi connectivity index (χ2n) is 4.11. The van der Waals surface area contributed by atoms with Gasteiger partial charge in [-0.05, 0) is 12.1 Å². The molecule has 0 spiro atoms. The summed E-state index contributed by atoms with van der Waals surface area (Å²) in [6.07, 6.45) is -0.156. The van der Waals surface area contributed by atoms with Crippen LogP contribution in [0.5, 0.6) is 5.75 Å². The van der Waals surface area contributed by atoms with Crippen LogP contribution in [-0.4, -0.2) is 12.2 Å². The topological polar surface area (TPSA) is 81.4 Å². The summed E-state index contributed by atoms with van der Waals surface area (Å²) in [5, 5.41) is 0. The fraction of sp³-hybridized carbons (Fsp3) is 0.0667. The highest BCUT2D eigenvalue weighted by molar-refractivity contribution is 5.82. The Morgan fingerprint density at radius 2 is 1.90 bits per heavy atom. The van der Waals surface area contributed by atoms with Crippen molar-refractivity contribution >= 4 is 12.2 Å². The smallest absolute Gasteiger partial charge is 0.279 e. The highest BCUT2D eigenvalue weighted by atomic mass is 16.5. The molecule has 2 rings (SSSR count). The van der Waals surface area contributed by atoms with Crippen LogP contribution in [0.15, 0.2) is 54.6 Å². The van der Waals surface area contributed by atoms with Crippen LogP contribution in [0.25, 0.3) is 0 Å². The van der Waals surface area contributed by atoms with Crippen molar-refractivity contribution in [2.75, 3.05) is 0 Å². The van der Waals surface area contributed by atoms with Gasteiger partial charge < -0.3 is 4.74 Å². The molecule has 1 unspecified atom stereocenters. The molecule has 1 amide bonds. The molecule has 0 aliphatic rings. The van der Waals surface area contributed by atoms with Crippen molar-refractivity contribution in [1.29, 1.82) is 0 Å². The number of amides is 1. The first kappa shape index (κ1) is 13.8. The van der Waals surface area contributed by atoms with E-state index in [1.54, 1.807) is 48.5 Å². The van der Waals surface area contributed by atoms with Crippen LogP contribution in [0.3, 0.4) is 0 Å². The second kappa shape index (κ2) is 6.49. The fourth-order valence-electron chi connectivity index (χ4n) is 1.77. The lowest BCUT2D eigenvalue weighted by molar-refractivity contribution is -0.128. The molecule has 0 aromatic heterocycles. The summed E-state index contributed by atoms with van der Waals surface area (Å²) >= 11 is 0. The van der Waals surface area contributed by atoms with E-state index in [0.717, 1.165) is 0 Å². The van der Waals surface area contributed by atoms with Gasteiger partial charge >= 0.3 is 0 Å². The fourth-order valence-corrected chi connectivity index (χ4v) is 1.77. The third-order valence-electron chi connectivity index (χ3n) is 2.73. The zero-order valence-electron chi connectivity index (χ0n) is 10.7. The Kier molecular flexibility index (Phi) is 4.47. The maximum atomic E-state index is 11.8. The predicted molar refractivity (Wildman–Crippen MR) is 74.0 cm³/mol. The minimum atomic E-state index is -0.872. The van der Waals surface area contributed by atoms with E-state index in [0.29, 0.717) is 23.2 Å². The minimum Gasteiger partial charge on any atom is -0.476 e. The monoisotopic (exact) mass is 270 g/mol. The number of carbonyl (C=O) groups excluding carboxylic acids is 2. The zero-order chi connectivity index (χ0) is 14.4. The average Bonchev–Trinajstić information content (AvgIpc) is 2.53. The molecule has 0 saturated carbocycles. The largest absolute Gasteiger partial charge is 0.476 e. The molecule has 1 atom stereocenters. The van der Waals surface area contributed by atoms with Crippen LogP contribution in [0.2, 0.25) is 0 Å². The summed E-state index contributed by atoms with van der Waals surface area (Å²) in [6, 6.07) is 15.6. The molecule has 0 aliphatic carbocycles. The first-order valence-corrected chi connectivity index (χ1v) is 6.02. The van der Waals surface area contributed by atoms with Crippen LogP contribution in [0, 0.1) is 0 Å². The van der Waals surface area contributed by atoms with Crippen molar-refractivity contribution in [3.05, 3.63) is 65.7 Å². The van der Waals surface area contributed by atoms with Crippen LogP contribution in [0.1, 0.15) is 22.0 Å². The molecule has 5 nitrogen and oxygen atoms in total. The third kappa shape index (κ3) is 3.21. The van der Waals surface area contributed by atoms with Crippen molar-refractivity contribution in [2.24, 2.45) is 5.84 Å². The summed E-state index contributed by atoms with van der Waals surface area (Å²) in [5.74, 6) is 5.14. The molecular weight excluding hydrogens is 256 g/mol. The molecule has 2 aromatic carbocycles. The van der Waals surface area contributed by atoms with Crippen LogP contribution in [0.4, 0.5) is 0 Å². The number of nitrogens with two attached hydrogens (primary N) is 1. The molecule has 0 fully saturated rings. The normalized spacial score (nSPS) is 11.4. The molecule has 0 heterocycles. The zero-order valence-corrected chi connectivity index (χ0v) is 10.7. The Morgan fingerprint density at radius 1 is 1.15 bits per heavy atom. The Hall–Kier alpha value is -2.66. The highest BCUT2D eigenvalue weighted by Gasteiger charge is 2.21. The number of nitrogens with one attached hydrogen (secondary N) is 1. The summed E-state index contributed by atoms with van der Waals surface area (Å²) in [5.41, 5.74) is 3.23. The Balaban J connectivity index is 2.28. The average molecular weight is 270 g/mol. The first-order valence-electron chi connectivity index (χ1n) is 6.02. The second-order valence-corrected chi connectivity index (χ2v) is 4.11. The number of carbonyl (C=O) groups is 2. The maximum Gasteiger partial charge on any atom is 0.279 e. The van der Waals surface area contributed by atoms with E-state index in [9.17, 15) is 9.59 Å². The van der Waals surface area contributed by atoms with Gasteiger partial charge in [0.2, 0.25) is 6.10 Å². The van der Waals surface area contributed by atoms with Crippen LogP contribution < -0.4 is 16.0 Å². The van der Waals surface area contributed by atoms with Crippen molar-refractivity contribution in [3.8, 4) is 5.75 Å². The summed E-state index contributed by atoms with van der Waals surface area (Å²) in [7, 11) is 0. The molecule has 3 N–H and O–H groups in total. The van der Waals surface area contributed by atoms with E-state index in [2.05, 4.69) is 5.43 Å². The standard InChI is InChI=1S/C15H14N2O3/c16-17-15(19)14(12-6-2-1-3-7-12)20-13-8-4-5-11(9-13)10-18/h1-10,14H,16H2,(H,17,19). The molecule has 20 heavy (non-hydrogen) atoms. The Morgan fingerprint density at radius 3 is 2.55 bits per heavy atom. The number of benzene rings is 2.